The molecule has 0 aromatic heterocycles. The quantitative estimate of drug-likeness (QED) is 0.499. The van der Waals surface area contributed by atoms with Crippen LogP contribution in [0.2, 0.25) is 0 Å². The van der Waals surface area contributed by atoms with Gasteiger partial charge in [0.15, 0.2) is 0 Å². The molecule has 0 nitrogen and oxygen atoms in total. The van der Waals surface area contributed by atoms with Gasteiger partial charge in [-0.3, -0.25) is 0 Å². The first-order chi connectivity index (χ1) is 13.7. The average molecular weight is 393 g/mol. The van der Waals surface area contributed by atoms with Crippen molar-refractivity contribution < 1.29 is 0 Å². The van der Waals surface area contributed by atoms with Crippen molar-refractivity contribution >= 4 is 13.2 Å². The molecule has 0 amide bonds. The highest BCUT2D eigenvalue weighted by atomic mass is 31.1. The molecule has 1 aromatic carbocycles. The van der Waals surface area contributed by atoms with Gasteiger partial charge >= 0.3 is 0 Å². The van der Waals surface area contributed by atoms with Crippen molar-refractivity contribution in [3.8, 4) is 0 Å². The second kappa shape index (κ2) is 6.33. The molecule has 1 heteroatoms. The largest absolute Gasteiger partial charge is 0.0676 e. The molecular weight excluding hydrogens is 355 g/mol. The third kappa shape index (κ3) is 2.52. The number of aryl methyl sites for hydroxylation is 1. The van der Waals surface area contributed by atoms with E-state index in [1.165, 1.54) is 0 Å². The third-order valence-electron chi connectivity index (χ3n) is 10.4. The van der Waals surface area contributed by atoms with E-state index in [9.17, 15) is 0 Å². The van der Waals surface area contributed by atoms with Crippen LogP contribution in [-0.4, -0.2) is 11.3 Å². The lowest BCUT2D eigenvalue weighted by atomic mass is 9.55. The zero-order valence-corrected chi connectivity index (χ0v) is 18.5. The summed E-state index contributed by atoms with van der Waals surface area (Å²) >= 11 is 0. The Morgan fingerprint density at radius 1 is 0.571 bits per heavy atom. The van der Waals surface area contributed by atoms with Gasteiger partial charge in [0.1, 0.15) is 0 Å². The molecule has 8 fully saturated rings. The fraction of sp³-hybridized carbons (Fsp3) is 0.778. The van der Waals surface area contributed by atoms with E-state index >= 15 is 0 Å². The Bertz CT molecular complexity index is 667. The number of rotatable bonds is 3. The van der Waals surface area contributed by atoms with E-state index in [1.807, 2.05) is 5.30 Å². The Labute approximate surface area is 173 Å². The van der Waals surface area contributed by atoms with Crippen LogP contribution in [-0.2, 0) is 0 Å². The van der Waals surface area contributed by atoms with Crippen molar-refractivity contribution in [1.82, 2.24) is 0 Å². The first-order valence-corrected chi connectivity index (χ1v) is 14.0. The van der Waals surface area contributed by atoms with Crippen LogP contribution in [0.1, 0.15) is 69.8 Å². The molecule has 8 aliphatic carbocycles. The highest BCUT2D eigenvalue weighted by Crippen LogP contribution is 2.70. The molecule has 0 atom stereocenters. The van der Waals surface area contributed by atoms with E-state index < -0.39 is 0 Å². The maximum absolute atomic E-state index is 2.59. The maximum Gasteiger partial charge on any atom is -0.0109 e. The number of hydrogen-bond donors (Lipinski definition) is 0. The molecule has 8 saturated carbocycles. The lowest BCUT2D eigenvalue weighted by Gasteiger charge is -2.62. The molecule has 8 aliphatic rings. The summed E-state index contributed by atoms with van der Waals surface area (Å²) in [6, 6.07) is 9.71. The minimum absolute atomic E-state index is 0.0236. The normalized spacial score (nSPS) is 51.6. The zero-order chi connectivity index (χ0) is 18.4. The Morgan fingerprint density at radius 2 is 0.964 bits per heavy atom. The van der Waals surface area contributed by atoms with Gasteiger partial charge in [0.05, 0.1) is 0 Å². The van der Waals surface area contributed by atoms with Gasteiger partial charge in [-0.1, -0.05) is 32.2 Å². The van der Waals surface area contributed by atoms with Crippen LogP contribution in [0.3, 0.4) is 0 Å². The van der Waals surface area contributed by atoms with Crippen molar-refractivity contribution in [2.45, 2.75) is 82.4 Å². The molecule has 150 valence electrons. The van der Waals surface area contributed by atoms with Crippen LogP contribution >= 0.6 is 7.92 Å². The summed E-state index contributed by atoms with van der Waals surface area (Å²) in [5.41, 5.74) is 3.81. The van der Waals surface area contributed by atoms with E-state index in [0.29, 0.717) is 0 Å². The molecule has 0 radical (unpaired) electrons. The average Bonchev–Trinajstić information content (AvgIpc) is 2.65. The van der Waals surface area contributed by atoms with E-state index in [-0.39, 0.29) is 7.92 Å². The molecule has 8 bridgehead atoms. The van der Waals surface area contributed by atoms with Crippen molar-refractivity contribution in [3.63, 3.8) is 0 Å². The predicted octanol–water partition coefficient (Wildman–Crippen LogP) is 6.75. The topological polar surface area (TPSA) is 0 Å². The Hall–Kier alpha value is -0.350. The molecule has 9 rings (SSSR count). The Balaban J connectivity index is 1.32. The van der Waals surface area contributed by atoms with Crippen molar-refractivity contribution in [2.24, 2.45) is 47.3 Å². The highest BCUT2D eigenvalue weighted by molar-refractivity contribution is 7.67. The summed E-state index contributed by atoms with van der Waals surface area (Å²) in [5, 5.41) is 1.85. The summed E-state index contributed by atoms with van der Waals surface area (Å²) in [5.74, 6) is 8.85. The smallest absolute Gasteiger partial charge is 0.0109 e. The minimum atomic E-state index is 0.0236. The van der Waals surface area contributed by atoms with Crippen molar-refractivity contribution in [3.05, 3.63) is 29.8 Å². The first-order valence-electron chi connectivity index (χ1n) is 12.6. The van der Waals surface area contributed by atoms with Crippen LogP contribution in [0, 0.1) is 54.3 Å². The zero-order valence-electron chi connectivity index (χ0n) is 17.6. The molecule has 0 saturated heterocycles. The molecular formula is C27H37P. The molecule has 0 heterocycles. The summed E-state index contributed by atoms with van der Waals surface area (Å²) < 4.78 is 0. The van der Waals surface area contributed by atoms with Crippen LogP contribution in [0.5, 0.6) is 0 Å². The maximum atomic E-state index is 2.59. The fourth-order valence-corrected chi connectivity index (χ4v) is 14.6. The van der Waals surface area contributed by atoms with Gasteiger partial charge in [-0.25, -0.2) is 0 Å². The third-order valence-corrected chi connectivity index (χ3v) is 14.4. The van der Waals surface area contributed by atoms with Gasteiger partial charge in [0.2, 0.25) is 0 Å². The van der Waals surface area contributed by atoms with Gasteiger partial charge < -0.3 is 0 Å². The van der Waals surface area contributed by atoms with E-state index in [0.717, 1.165) is 58.7 Å². The molecule has 0 N–H and O–H groups in total. The van der Waals surface area contributed by atoms with Crippen molar-refractivity contribution in [1.29, 1.82) is 0 Å². The van der Waals surface area contributed by atoms with Gasteiger partial charge in [-0.15, -0.1) is 0 Å². The highest BCUT2D eigenvalue weighted by Gasteiger charge is 2.57. The molecule has 0 unspecified atom stereocenters. The van der Waals surface area contributed by atoms with E-state index in [2.05, 4.69) is 31.2 Å². The van der Waals surface area contributed by atoms with Crippen LogP contribution in [0.4, 0.5) is 0 Å². The monoisotopic (exact) mass is 392 g/mol. The van der Waals surface area contributed by atoms with E-state index in [1.54, 1.807) is 69.8 Å². The van der Waals surface area contributed by atoms with E-state index in [4.69, 9.17) is 0 Å². The number of hydrogen-bond acceptors (Lipinski definition) is 0. The van der Waals surface area contributed by atoms with Gasteiger partial charge in [-0.2, -0.15) is 0 Å². The molecule has 1 aromatic rings. The van der Waals surface area contributed by atoms with Crippen LogP contribution < -0.4 is 5.30 Å². The lowest BCUT2D eigenvalue weighted by molar-refractivity contribution is 0.0136. The second-order valence-corrected chi connectivity index (χ2v) is 14.5. The van der Waals surface area contributed by atoms with Gasteiger partial charge in [-0.05, 0) is 141 Å². The minimum Gasteiger partial charge on any atom is -0.0676 e. The standard InChI is InChI=1S/C27H37P/c1-16-4-2-3-5-25(16)28(26-21-8-17-6-18(10-21)11-22(26)9-17)27-23-12-19-7-20(14-23)15-24(27)13-19/h2-5,17-24,26-27H,6-15H2,1H3. The number of benzene rings is 1. The second-order valence-electron chi connectivity index (χ2n) is 12.0. The molecule has 0 spiro atoms. The van der Waals surface area contributed by atoms with Gasteiger partial charge in [0, 0.05) is 0 Å². The van der Waals surface area contributed by atoms with Crippen LogP contribution in [0.25, 0.3) is 0 Å². The summed E-state index contributed by atoms with van der Waals surface area (Å²) in [4.78, 5) is 0. The van der Waals surface area contributed by atoms with Crippen molar-refractivity contribution in [2.75, 3.05) is 0 Å². The fourth-order valence-electron chi connectivity index (χ4n) is 10.1. The van der Waals surface area contributed by atoms with Crippen LogP contribution in [0.15, 0.2) is 24.3 Å². The predicted molar refractivity (Wildman–Crippen MR) is 119 cm³/mol. The Morgan fingerprint density at radius 3 is 1.36 bits per heavy atom. The Kier molecular flexibility index (Phi) is 3.92. The molecule has 0 aliphatic heterocycles. The SMILES string of the molecule is Cc1ccccc1P(C1C2CC3CC(C2)CC1C3)C1C2CC3CC(C2)CC1C3. The lowest BCUT2D eigenvalue weighted by Crippen LogP contribution is -2.54. The molecule has 28 heavy (non-hydrogen) atoms. The van der Waals surface area contributed by atoms with Gasteiger partial charge in [0.25, 0.3) is 0 Å². The first kappa shape index (κ1) is 17.3. The summed E-state index contributed by atoms with van der Waals surface area (Å²) in [6.45, 7) is 2.44. The summed E-state index contributed by atoms with van der Waals surface area (Å²) in [6.07, 6.45) is 16.0. The summed E-state index contributed by atoms with van der Waals surface area (Å²) in [7, 11) is 0.0236.